The summed E-state index contributed by atoms with van der Waals surface area (Å²) in [6.45, 7) is 4.76. The van der Waals surface area contributed by atoms with E-state index in [1.54, 1.807) is 0 Å². The van der Waals surface area contributed by atoms with Crippen LogP contribution in [0.4, 0.5) is 34.1 Å². The van der Waals surface area contributed by atoms with Crippen LogP contribution in [0.1, 0.15) is 61.8 Å². The highest BCUT2D eigenvalue weighted by Crippen LogP contribution is 2.61. The molecule has 3 aliphatic rings. The fourth-order valence-corrected chi connectivity index (χ4v) is 12.3. The van der Waals surface area contributed by atoms with Crippen LogP contribution in [0.2, 0.25) is 0 Å². The second-order valence-electron chi connectivity index (χ2n) is 19.3. The van der Waals surface area contributed by atoms with Gasteiger partial charge < -0.3 is 9.80 Å². The molecule has 9 aromatic rings. The van der Waals surface area contributed by atoms with E-state index >= 15 is 0 Å². The lowest BCUT2D eigenvalue weighted by Crippen LogP contribution is -2.34. The van der Waals surface area contributed by atoms with Gasteiger partial charge in [0.15, 0.2) is 0 Å². The summed E-state index contributed by atoms with van der Waals surface area (Å²) in [5, 5.41) is 0. The van der Waals surface area contributed by atoms with Crippen molar-refractivity contribution in [1.29, 1.82) is 0 Å². The molecule has 3 aliphatic carbocycles. The minimum absolute atomic E-state index is 0.0460. The minimum Gasteiger partial charge on any atom is -0.310 e. The van der Waals surface area contributed by atoms with Gasteiger partial charge in [0.2, 0.25) is 0 Å². The Morgan fingerprint density at radius 2 is 0.818 bits per heavy atom. The molecule has 0 aromatic heterocycles. The van der Waals surface area contributed by atoms with Crippen molar-refractivity contribution in [3.8, 4) is 33.4 Å². The lowest BCUT2D eigenvalue weighted by atomic mass is 9.64. The van der Waals surface area contributed by atoms with Crippen molar-refractivity contribution in [2.24, 2.45) is 11.8 Å². The number of benzene rings is 9. The Labute approximate surface area is 390 Å². The van der Waals surface area contributed by atoms with E-state index in [9.17, 15) is 0 Å². The first-order valence-corrected chi connectivity index (χ1v) is 23.9. The Morgan fingerprint density at radius 1 is 0.379 bits per heavy atom. The molecule has 2 fully saturated rings. The summed E-state index contributed by atoms with van der Waals surface area (Å²) in [5.74, 6) is 1.36. The number of nitrogens with zero attached hydrogens (tertiary/aromatic N) is 2. The number of hydrogen-bond donors (Lipinski definition) is 0. The number of rotatable bonds is 10. The van der Waals surface area contributed by atoms with Crippen LogP contribution in [0.15, 0.2) is 231 Å². The summed E-state index contributed by atoms with van der Waals surface area (Å²) in [6.07, 6.45) is 5.10. The van der Waals surface area contributed by atoms with E-state index in [0.717, 1.165) is 17.3 Å². The number of hydrogen-bond acceptors (Lipinski definition) is 2. The number of anilines is 6. The number of para-hydroxylation sites is 3. The second-order valence-corrected chi connectivity index (χ2v) is 19.3. The summed E-state index contributed by atoms with van der Waals surface area (Å²) in [4.78, 5) is 4.92. The molecule has 2 heteroatoms. The van der Waals surface area contributed by atoms with Gasteiger partial charge in [-0.1, -0.05) is 190 Å². The van der Waals surface area contributed by atoms with Crippen LogP contribution in [-0.2, 0) is 10.8 Å². The lowest BCUT2D eigenvalue weighted by Gasteiger charge is -2.40. The van der Waals surface area contributed by atoms with E-state index in [-0.39, 0.29) is 10.8 Å². The first kappa shape index (κ1) is 40.1. The Kier molecular flexibility index (Phi) is 9.86. The zero-order valence-electron chi connectivity index (χ0n) is 37.8. The molecule has 2 nitrogen and oxygen atoms in total. The quantitative estimate of drug-likeness (QED) is 0.135. The zero-order chi connectivity index (χ0) is 44.2. The third-order valence-electron chi connectivity index (χ3n) is 15.4. The zero-order valence-corrected chi connectivity index (χ0v) is 37.8. The summed E-state index contributed by atoms with van der Waals surface area (Å²) in [6, 6.07) is 85.7. The van der Waals surface area contributed by atoms with Gasteiger partial charge in [-0.25, -0.2) is 0 Å². The third kappa shape index (κ3) is 6.61. The highest BCUT2D eigenvalue weighted by Gasteiger charge is 2.52. The SMILES string of the molecule is CC1(C)c2ccccc2-c2ccc(N(c3ccc(C4(c5ccc(N(c6ccccc6)c6ccccc6-c6ccccc6)cc5)CC5CCC4C5)cc3)c3ccccc3-c3ccccc3)cc21. The molecule has 2 saturated carbocycles. The fraction of sp³-hybridized carbons (Fsp3) is 0.156. The molecule has 0 radical (unpaired) electrons. The smallest absolute Gasteiger partial charge is 0.0540 e. The van der Waals surface area contributed by atoms with E-state index in [1.165, 1.54) is 104 Å². The largest absolute Gasteiger partial charge is 0.310 e. The normalized spacial score (nSPS) is 18.7. The molecule has 66 heavy (non-hydrogen) atoms. The molecule has 0 saturated heterocycles. The maximum Gasteiger partial charge on any atom is 0.0540 e. The van der Waals surface area contributed by atoms with Gasteiger partial charge >= 0.3 is 0 Å². The first-order chi connectivity index (χ1) is 32.5. The van der Waals surface area contributed by atoms with Crippen LogP contribution < -0.4 is 9.80 Å². The van der Waals surface area contributed by atoms with Crippen LogP contribution in [0.3, 0.4) is 0 Å². The minimum atomic E-state index is -0.108. The van der Waals surface area contributed by atoms with Gasteiger partial charge in [0.25, 0.3) is 0 Å². The maximum atomic E-state index is 2.50. The van der Waals surface area contributed by atoms with Crippen LogP contribution in [0, 0.1) is 11.8 Å². The Bertz CT molecular complexity index is 3170. The average Bonchev–Trinajstić information content (AvgIpc) is 4.07. The van der Waals surface area contributed by atoms with Gasteiger partial charge in [0.05, 0.1) is 11.4 Å². The van der Waals surface area contributed by atoms with E-state index in [4.69, 9.17) is 0 Å². The molecule has 320 valence electrons. The van der Waals surface area contributed by atoms with E-state index in [0.29, 0.717) is 5.92 Å². The van der Waals surface area contributed by atoms with Crippen molar-refractivity contribution >= 4 is 34.1 Å². The Balaban J connectivity index is 0.959. The Morgan fingerprint density at radius 3 is 1.35 bits per heavy atom. The molecule has 3 atom stereocenters. The monoisotopic (exact) mass is 850 g/mol. The average molecular weight is 851 g/mol. The third-order valence-corrected chi connectivity index (χ3v) is 15.4. The van der Waals surface area contributed by atoms with Crippen LogP contribution in [0.25, 0.3) is 33.4 Å². The van der Waals surface area contributed by atoms with Crippen molar-refractivity contribution < 1.29 is 0 Å². The molecule has 0 N–H and O–H groups in total. The lowest BCUT2D eigenvalue weighted by molar-refractivity contribution is 0.320. The van der Waals surface area contributed by atoms with Crippen molar-refractivity contribution in [3.05, 3.63) is 253 Å². The van der Waals surface area contributed by atoms with Crippen LogP contribution >= 0.6 is 0 Å². The van der Waals surface area contributed by atoms with Crippen molar-refractivity contribution in [1.82, 2.24) is 0 Å². The topological polar surface area (TPSA) is 6.48 Å². The van der Waals surface area contributed by atoms with Gasteiger partial charge in [-0.05, 0) is 136 Å². The standard InChI is InChI=1S/C64H54N2/c1-63(2)59-27-15-12-26-57(59)58-41-40-54(43-60(58)63)66(62-29-17-14-25-56(62)47-20-8-4-9-21-47)53-38-34-49(35-39-53)64(44-45-30-31-50(64)42-45)48-32-36-52(37-33-48)65(51-22-10-5-11-23-51)61-28-16-13-24-55(61)46-18-6-3-7-19-46/h3-29,32-41,43,45,50H,30-31,42,44H2,1-2H3. The maximum absolute atomic E-state index is 2.50. The predicted octanol–water partition coefficient (Wildman–Crippen LogP) is 17.4. The van der Waals surface area contributed by atoms with Gasteiger partial charge in [-0.3, -0.25) is 0 Å². The van der Waals surface area contributed by atoms with Crippen molar-refractivity contribution in [2.45, 2.75) is 50.4 Å². The molecule has 0 amide bonds. The molecule has 9 aromatic carbocycles. The van der Waals surface area contributed by atoms with Crippen molar-refractivity contribution in [3.63, 3.8) is 0 Å². The van der Waals surface area contributed by atoms with Crippen LogP contribution in [-0.4, -0.2) is 0 Å². The van der Waals surface area contributed by atoms with Crippen LogP contribution in [0.5, 0.6) is 0 Å². The molecular formula is C64H54N2. The fourth-order valence-electron chi connectivity index (χ4n) is 12.3. The van der Waals surface area contributed by atoms with E-state index < -0.39 is 0 Å². The molecule has 0 spiro atoms. The first-order valence-electron chi connectivity index (χ1n) is 23.9. The van der Waals surface area contributed by atoms with Gasteiger partial charge in [0, 0.05) is 44.7 Å². The van der Waals surface area contributed by atoms with Gasteiger partial charge in [-0.15, -0.1) is 0 Å². The molecule has 2 bridgehead atoms. The summed E-state index contributed by atoms with van der Waals surface area (Å²) >= 11 is 0. The summed E-state index contributed by atoms with van der Waals surface area (Å²) in [5.41, 5.74) is 20.0. The van der Waals surface area contributed by atoms with E-state index in [1.807, 2.05) is 0 Å². The van der Waals surface area contributed by atoms with Crippen molar-refractivity contribution in [2.75, 3.05) is 9.80 Å². The summed E-state index contributed by atoms with van der Waals surface area (Å²) < 4.78 is 0. The van der Waals surface area contributed by atoms with Gasteiger partial charge in [-0.2, -0.15) is 0 Å². The molecular weight excluding hydrogens is 797 g/mol. The van der Waals surface area contributed by atoms with E-state index in [2.05, 4.69) is 254 Å². The number of fused-ring (bicyclic) bond motifs is 5. The molecule has 0 aliphatic heterocycles. The molecule has 3 unspecified atom stereocenters. The Hall–Kier alpha value is -7.42. The highest BCUT2D eigenvalue weighted by atomic mass is 15.1. The summed E-state index contributed by atoms with van der Waals surface area (Å²) in [7, 11) is 0. The molecule has 12 rings (SSSR count). The predicted molar refractivity (Wildman–Crippen MR) is 277 cm³/mol. The highest BCUT2D eigenvalue weighted by molar-refractivity contribution is 5.91. The second kappa shape index (κ2) is 16.2. The molecule has 0 heterocycles. The van der Waals surface area contributed by atoms with Gasteiger partial charge in [0.1, 0.15) is 0 Å².